The van der Waals surface area contributed by atoms with Crippen LogP contribution in [0.1, 0.15) is 44.9 Å². The summed E-state index contributed by atoms with van der Waals surface area (Å²) in [5.74, 6) is -3.19. The van der Waals surface area contributed by atoms with Crippen LogP contribution in [-0.2, 0) is 9.59 Å². The first-order valence-corrected chi connectivity index (χ1v) is 6.96. The zero-order chi connectivity index (χ0) is 18.0. The number of imide groups is 3. The summed E-state index contributed by atoms with van der Waals surface area (Å²) < 4.78 is 0. The molecule has 0 saturated heterocycles. The number of aldehydes is 1. The van der Waals surface area contributed by atoms with E-state index in [9.17, 15) is 24.0 Å². The molecule has 2 aromatic carbocycles. The van der Waals surface area contributed by atoms with Crippen LogP contribution in [0.3, 0.4) is 0 Å². The van der Waals surface area contributed by atoms with Gasteiger partial charge in [-0.05, 0) is 17.5 Å². The Morgan fingerprint density at radius 3 is 2.08 bits per heavy atom. The average molecular weight is 326 g/mol. The quantitative estimate of drug-likeness (QED) is 0.853. The van der Waals surface area contributed by atoms with Gasteiger partial charge >= 0.3 is 0 Å². The molecular formula is C17H14N2O5. The van der Waals surface area contributed by atoms with E-state index in [1.54, 1.807) is 6.07 Å². The lowest BCUT2D eigenvalue weighted by molar-refractivity contribution is -0.138. The number of nitrogens with zero attached hydrogens (tertiary/aromatic N) is 1. The average Bonchev–Trinajstić information content (AvgIpc) is 2.52. The predicted octanol–water partition coefficient (Wildman–Crippen LogP) is 1.29. The highest BCUT2D eigenvalue weighted by Crippen LogP contribution is 2.27. The molecular weight excluding hydrogens is 312 g/mol. The zero-order valence-electron chi connectivity index (χ0n) is 13.0. The second-order valence-corrected chi connectivity index (χ2v) is 5.09. The topological polar surface area (TPSA) is 115 Å². The molecule has 0 aliphatic carbocycles. The minimum Gasteiger partial charge on any atom is -0.366 e. The molecule has 0 unspecified atom stereocenters. The number of carbonyl (C=O) groups excluding carboxylic acids is 5. The molecule has 0 radical (unpaired) electrons. The summed E-state index contributed by atoms with van der Waals surface area (Å²) in [6.45, 7) is 2.16. The van der Waals surface area contributed by atoms with E-state index in [1.807, 2.05) is 0 Å². The third-order valence-electron chi connectivity index (χ3n) is 3.53. The number of hydrogen-bond donors (Lipinski definition) is 1. The second-order valence-electron chi connectivity index (χ2n) is 5.09. The molecule has 0 bridgehead atoms. The van der Waals surface area contributed by atoms with Crippen molar-refractivity contribution in [1.29, 1.82) is 0 Å². The Bertz CT molecular complexity index is 887. The van der Waals surface area contributed by atoms with Crippen molar-refractivity contribution in [3.8, 4) is 0 Å². The standard InChI is InChI=1S/C17H14N2O5/c1-9(21)19(10(2)22)17(24)14-7-6-11(8-20)12-4-3-5-13(15(12)14)16(18)23/h3-8H,1-2H3,(H2,18,23). The van der Waals surface area contributed by atoms with Gasteiger partial charge in [0, 0.05) is 35.9 Å². The van der Waals surface area contributed by atoms with Gasteiger partial charge in [0.05, 0.1) is 0 Å². The van der Waals surface area contributed by atoms with E-state index in [-0.39, 0.29) is 22.1 Å². The fraction of sp³-hybridized carbons (Fsp3) is 0.118. The van der Waals surface area contributed by atoms with Crippen LogP contribution in [0.5, 0.6) is 0 Å². The lowest BCUT2D eigenvalue weighted by atomic mass is 9.94. The zero-order valence-corrected chi connectivity index (χ0v) is 13.0. The van der Waals surface area contributed by atoms with Gasteiger partial charge in [-0.15, -0.1) is 0 Å². The van der Waals surface area contributed by atoms with Crippen LogP contribution in [0.2, 0.25) is 0 Å². The molecule has 122 valence electrons. The molecule has 0 aliphatic rings. The van der Waals surface area contributed by atoms with Gasteiger partial charge in [-0.2, -0.15) is 0 Å². The second kappa shape index (κ2) is 6.41. The fourth-order valence-electron chi connectivity index (χ4n) is 2.54. The molecule has 0 aromatic heterocycles. The number of carbonyl (C=O) groups is 5. The van der Waals surface area contributed by atoms with Crippen molar-refractivity contribution in [3.63, 3.8) is 0 Å². The van der Waals surface area contributed by atoms with Gasteiger partial charge < -0.3 is 5.73 Å². The number of benzene rings is 2. The van der Waals surface area contributed by atoms with Crippen molar-refractivity contribution in [2.24, 2.45) is 5.73 Å². The van der Waals surface area contributed by atoms with Crippen molar-refractivity contribution in [2.75, 3.05) is 0 Å². The highest BCUT2D eigenvalue weighted by Gasteiger charge is 2.27. The van der Waals surface area contributed by atoms with E-state index in [0.29, 0.717) is 16.6 Å². The van der Waals surface area contributed by atoms with Crippen molar-refractivity contribution in [2.45, 2.75) is 13.8 Å². The summed E-state index contributed by atoms with van der Waals surface area (Å²) in [5, 5.41) is 0.464. The van der Waals surface area contributed by atoms with Gasteiger partial charge in [0.1, 0.15) is 0 Å². The van der Waals surface area contributed by atoms with E-state index in [4.69, 9.17) is 5.73 Å². The van der Waals surface area contributed by atoms with E-state index in [0.717, 1.165) is 13.8 Å². The van der Waals surface area contributed by atoms with Crippen molar-refractivity contribution < 1.29 is 24.0 Å². The number of nitrogens with two attached hydrogens (primary N) is 1. The van der Waals surface area contributed by atoms with Gasteiger partial charge in [0.2, 0.25) is 17.7 Å². The molecule has 2 aromatic rings. The summed E-state index contributed by atoms with van der Waals surface area (Å²) in [6.07, 6.45) is 0.578. The molecule has 0 fully saturated rings. The molecule has 4 amide bonds. The van der Waals surface area contributed by atoms with Crippen molar-refractivity contribution in [3.05, 3.63) is 47.0 Å². The normalized spacial score (nSPS) is 10.2. The molecule has 0 aliphatic heterocycles. The van der Waals surface area contributed by atoms with Crippen LogP contribution in [0.15, 0.2) is 30.3 Å². The number of hydrogen-bond acceptors (Lipinski definition) is 5. The van der Waals surface area contributed by atoms with Crippen LogP contribution in [0, 0.1) is 0 Å². The van der Waals surface area contributed by atoms with Crippen LogP contribution < -0.4 is 5.73 Å². The molecule has 2 rings (SSSR count). The largest absolute Gasteiger partial charge is 0.366 e. The Morgan fingerprint density at radius 1 is 0.958 bits per heavy atom. The van der Waals surface area contributed by atoms with E-state index in [1.165, 1.54) is 24.3 Å². The fourth-order valence-corrected chi connectivity index (χ4v) is 2.54. The van der Waals surface area contributed by atoms with Crippen molar-refractivity contribution >= 4 is 40.7 Å². The predicted molar refractivity (Wildman–Crippen MR) is 85.4 cm³/mol. The lowest BCUT2D eigenvalue weighted by Crippen LogP contribution is -2.39. The molecule has 0 spiro atoms. The minimum absolute atomic E-state index is 0.0200. The molecule has 2 N–H and O–H groups in total. The Morgan fingerprint density at radius 2 is 1.58 bits per heavy atom. The van der Waals surface area contributed by atoms with Crippen LogP contribution >= 0.6 is 0 Å². The Hall–Kier alpha value is -3.35. The number of rotatable bonds is 3. The van der Waals surface area contributed by atoms with E-state index in [2.05, 4.69) is 0 Å². The first-order valence-electron chi connectivity index (χ1n) is 6.96. The lowest BCUT2D eigenvalue weighted by Gasteiger charge is -2.17. The summed E-state index contributed by atoms with van der Waals surface area (Å²) in [5.41, 5.74) is 5.56. The SMILES string of the molecule is CC(=O)N(C(C)=O)C(=O)c1ccc(C=O)c2cccc(C(N)=O)c12. The van der Waals surface area contributed by atoms with Gasteiger partial charge in [-0.3, -0.25) is 24.0 Å². The summed E-state index contributed by atoms with van der Waals surface area (Å²) >= 11 is 0. The Balaban J connectivity index is 2.87. The van der Waals surface area contributed by atoms with Crippen LogP contribution in [0.4, 0.5) is 0 Å². The van der Waals surface area contributed by atoms with Gasteiger partial charge in [0.15, 0.2) is 6.29 Å². The van der Waals surface area contributed by atoms with Gasteiger partial charge in [-0.1, -0.05) is 18.2 Å². The highest BCUT2D eigenvalue weighted by molar-refractivity contribution is 6.23. The third-order valence-corrected chi connectivity index (χ3v) is 3.53. The first kappa shape index (κ1) is 17.0. The minimum atomic E-state index is -0.883. The Kier molecular flexibility index (Phi) is 4.54. The van der Waals surface area contributed by atoms with E-state index >= 15 is 0 Å². The van der Waals surface area contributed by atoms with Gasteiger partial charge in [0.25, 0.3) is 5.91 Å². The monoisotopic (exact) mass is 326 g/mol. The summed E-state index contributed by atoms with van der Waals surface area (Å²) in [6, 6.07) is 7.15. The Labute approximate surface area is 137 Å². The summed E-state index contributed by atoms with van der Waals surface area (Å²) in [7, 11) is 0. The number of amides is 4. The summed E-state index contributed by atoms with van der Waals surface area (Å²) in [4.78, 5) is 59.3. The van der Waals surface area contributed by atoms with Crippen LogP contribution in [0.25, 0.3) is 10.8 Å². The number of fused-ring (bicyclic) bond motifs is 1. The molecule has 24 heavy (non-hydrogen) atoms. The van der Waals surface area contributed by atoms with Crippen molar-refractivity contribution in [1.82, 2.24) is 4.90 Å². The molecule has 0 saturated carbocycles. The van der Waals surface area contributed by atoms with Gasteiger partial charge in [-0.25, -0.2) is 4.90 Å². The first-order chi connectivity index (χ1) is 11.3. The molecule has 7 heteroatoms. The third kappa shape index (κ3) is 2.79. The number of primary amides is 1. The molecule has 7 nitrogen and oxygen atoms in total. The maximum atomic E-state index is 12.7. The van der Waals surface area contributed by atoms with E-state index < -0.39 is 23.6 Å². The smallest absolute Gasteiger partial charge is 0.267 e. The molecule has 0 atom stereocenters. The van der Waals surface area contributed by atoms with Crippen LogP contribution in [-0.4, -0.2) is 34.8 Å². The highest BCUT2D eigenvalue weighted by atomic mass is 16.2. The maximum Gasteiger partial charge on any atom is 0.267 e. The molecule has 0 heterocycles. The maximum absolute atomic E-state index is 12.7.